The summed E-state index contributed by atoms with van der Waals surface area (Å²) in [6, 6.07) is 76.5. The second-order valence-corrected chi connectivity index (χ2v) is 22.6. The molecule has 14 aromatic rings. The summed E-state index contributed by atoms with van der Waals surface area (Å²) in [5, 5.41) is 15.4. The molecule has 4 nitrogen and oxygen atoms in total. The predicted octanol–water partition coefficient (Wildman–Crippen LogP) is 12.8. The van der Waals surface area contributed by atoms with Crippen LogP contribution in [-0.4, -0.2) is 27.2 Å². The van der Waals surface area contributed by atoms with Crippen molar-refractivity contribution in [3.05, 3.63) is 219 Å². The third-order valence-electron chi connectivity index (χ3n) is 13.6. The van der Waals surface area contributed by atoms with Crippen LogP contribution in [0.5, 0.6) is 0 Å². The Morgan fingerprint density at radius 2 is 0.677 bits per heavy atom. The molecule has 14 rings (SSSR count). The molecule has 65 heavy (non-hydrogen) atoms. The second-order valence-electron chi connectivity index (χ2n) is 16.8. The Morgan fingerprint density at radius 3 is 1.14 bits per heavy atom. The molecule has 0 N–H and O–H groups in total. The number of pyridine rings is 2. The number of rotatable bonds is 6. The fraction of sp³-hybridized carbons (Fsp3) is 0. The maximum atomic E-state index is 5.00. The molecular formula is C58H36N4S2Si. The number of thiophene rings is 2. The highest BCUT2D eigenvalue weighted by Gasteiger charge is 2.44. The third-order valence-corrected chi connectivity index (χ3v) is 21.3. The Kier molecular flexibility index (Phi) is 8.01. The van der Waals surface area contributed by atoms with E-state index in [9.17, 15) is 0 Å². The summed E-state index contributed by atoms with van der Waals surface area (Å²) in [5.41, 5.74) is 6.59. The zero-order chi connectivity index (χ0) is 42.6. The Morgan fingerprint density at radius 1 is 0.308 bits per heavy atom. The lowest BCUT2D eigenvalue weighted by Gasteiger charge is -2.35. The van der Waals surface area contributed by atoms with Crippen molar-refractivity contribution in [1.29, 1.82) is 0 Å². The highest BCUT2D eigenvalue weighted by molar-refractivity contribution is 7.34. The van der Waals surface area contributed by atoms with Crippen molar-refractivity contribution in [2.45, 2.75) is 0 Å². The van der Waals surface area contributed by atoms with E-state index >= 15 is 0 Å². The predicted molar refractivity (Wildman–Crippen MR) is 280 cm³/mol. The van der Waals surface area contributed by atoms with Gasteiger partial charge in [-0.25, -0.2) is 9.97 Å². The molecule has 0 amide bonds. The zero-order valence-electron chi connectivity index (χ0n) is 34.9. The lowest BCUT2D eigenvalue weighted by molar-refractivity contribution is 1.15. The summed E-state index contributed by atoms with van der Waals surface area (Å²) < 4.78 is 9.94. The van der Waals surface area contributed by atoms with Gasteiger partial charge in [0.1, 0.15) is 11.3 Å². The van der Waals surface area contributed by atoms with Crippen LogP contribution in [0.4, 0.5) is 0 Å². The average Bonchev–Trinajstić information content (AvgIpc) is 4.14. The third kappa shape index (κ3) is 5.11. The van der Waals surface area contributed by atoms with Gasteiger partial charge in [-0.15, -0.1) is 22.7 Å². The number of para-hydroxylation sites is 2. The van der Waals surface area contributed by atoms with Crippen molar-refractivity contribution in [1.82, 2.24) is 19.1 Å². The molecule has 0 atom stereocenters. The van der Waals surface area contributed by atoms with Crippen LogP contribution >= 0.6 is 22.7 Å². The van der Waals surface area contributed by atoms with E-state index in [-0.39, 0.29) is 0 Å². The van der Waals surface area contributed by atoms with Gasteiger partial charge in [-0.2, -0.15) is 0 Å². The molecule has 0 fully saturated rings. The van der Waals surface area contributed by atoms with Crippen molar-refractivity contribution in [3.8, 4) is 11.4 Å². The lowest BCUT2D eigenvalue weighted by Crippen LogP contribution is -2.74. The molecule has 0 radical (unpaired) electrons. The number of fused-ring (bicyclic) bond motifs is 12. The number of nitrogens with zero attached hydrogens (tertiary/aromatic N) is 4. The van der Waals surface area contributed by atoms with Crippen LogP contribution in [0.1, 0.15) is 0 Å². The highest BCUT2D eigenvalue weighted by Crippen LogP contribution is 2.43. The number of aromatic nitrogens is 4. The summed E-state index contributed by atoms with van der Waals surface area (Å²) in [5.74, 6) is 0. The average molecular weight is 881 g/mol. The van der Waals surface area contributed by atoms with E-state index in [0.29, 0.717) is 0 Å². The van der Waals surface area contributed by atoms with Gasteiger partial charge in [-0.3, -0.25) is 9.13 Å². The topological polar surface area (TPSA) is 35.6 Å². The molecule has 0 aliphatic heterocycles. The normalized spacial score (nSPS) is 12.3. The van der Waals surface area contributed by atoms with E-state index in [0.717, 1.165) is 44.5 Å². The Hall–Kier alpha value is -7.68. The number of hydrogen-bond donors (Lipinski definition) is 0. The molecule has 0 aliphatic rings. The molecule has 6 aromatic heterocycles. The summed E-state index contributed by atoms with van der Waals surface area (Å²) in [6.07, 6.45) is 3.83. The molecule has 0 spiro atoms. The summed E-state index contributed by atoms with van der Waals surface area (Å²) in [4.78, 5) is 10.0. The molecule has 0 aliphatic carbocycles. The van der Waals surface area contributed by atoms with Gasteiger partial charge in [-0.05, 0) is 69.3 Å². The minimum Gasteiger partial charge on any atom is -0.292 e. The van der Waals surface area contributed by atoms with E-state index in [2.05, 4.69) is 203 Å². The summed E-state index contributed by atoms with van der Waals surface area (Å²) >= 11 is 3.87. The molecule has 0 unspecified atom stereocenters. The molecule has 0 saturated carbocycles. The smallest absolute Gasteiger partial charge is 0.182 e. The van der Waals surface area contributed by atoms with E-state index < -0.39 is 8.07 Å². The van der Waals surface area contributed by atoms with Crippen LogP contribution in [0.15, 0.2) is 219 Å². The Labute approximate surface area is 382 Å². The maximum absolute atomic E-state index is 5.00. The molecule has 304 valence electrons. The molecule has 0 saturated heterocycles. The van der Waals surface area contributed by atoms with Crippen molar-refractivity contribution in [3.63, 3.8) is 0 Å². The van der Waals surface area contributed by atoms with Crippen molar-refractivity contribution < 1.29 is 0 Å². The first-order chi connectivity index (χ1) is 32.3. The second kappa shape index (κ2) is 14.2. The minimum absolute atomic E-state index is 0.976. The molecule has 0 bridgehead atoms. The van der Waals surface area contributed by atoms with Crippen molar-refractivity contribution in [2.75, 3.05) is 0 Å². The first-order valence-electron chi connectivity index (χ1n) is 22.0. The maximum Gasteiger partial charge on any atom is 0.182 e. The Balaban J connectivity index is 1.10. The number of hydrogen-bond acceptors (Lipinski definition) is 4. The lowest BCUT2D eigenvalue weighted by atomic mass is 10.1. The fourth-order valence-corrected chi connectivity index (χ4v) is 19.5. The Bertz CT molecular complexity index is 3820. The van der Waals surface area contributed by atoms with E-state index in [1.54, 1.807) is 0 Å². The monoisotopic (exact) mass is 880 g/mol. The molecular weight excluding hydrogens is 845 g/mol. The summed E-state index contributed by atoms with van der Waals surface area (Å²) in [7, 11) is -3.11. The van der Waals surface area contributed by atoms with Crippen molar-refractivity contribution in [2.24, 2.45) is 0 Å². The van der Waals surface area contributed by atoms with Crippen LogP contribution in [-0.2, 0) is 0 Å². The van der Waals surface area contributed by atoms with Gasteiger partial charge in [0.05, 0.1) is 31.8 Å². The fourth-order valence-electron chi connectivity index (χ4n) is 10.9. The molecule has 8 aromatic carbocycles. The van der Waals surface area contributed by atoms with Crippen LogP contribution < -0.4 is 20.7 Å². The van der Waals surface area contributed by atoms with Crippen molar-refractivity contribution >= 4 is 136 Å². The van der Waals surface area contributed by atoms with Gasteiger partial charge < -0.3 is 0 Å². The molecule has 6 heterocycles. The SMILES string of the molecule is c1ccc([Si](c2ccccc2)(c2cccc3c2sc2c(-n4c5ccccc5c5cccnc54)cccc23)c2cccc3c2sc2c(-n4c5ccccc5c5cccnc54)cccc23)cc1. The van der Waals surface area contributed by atoms with Crippen LogP contribution in [0, 0.1) is 0 Å². The summed E-state index contributed by atoms with van der Waals surface area (Å²) in [6.45, 7) is 0. The van der Waals surface area contributed by atoms with Crippen LogP contribution in [0.25, 0.3) is 95.6 Å². The van der Waals surface area contributed by atoms with Gasteiger partial charge >= 0.3 is 0 Å². The number of benzene rings is 8. The van der Waals surface area contributed by atoms with Gasteiger partial charge in [0.25, 0.3) is 0 Å². The van der Waals surface area contributed by atoms with E-state index in [1.807, 2.05) is 47.2 Å². The van der Waals surface area contributed by atoms with Gasteiger partial charge in [0, 0.05) is 64.9 Å². The first-order valence-corrected chi connectivity index (χ1v) is 25.6. The van der Waals surface area contributed by atoms with Gasteiger partial charge in [0.2, 0.25) is 0 Å². The zero-order valence-corrected chi connectivity index (χ0v) is 37.5. The molecule has 7 heteroatoms. The van der Waals surface area contributed by atoms with Gasteiger partial charge in [-0.1, -0.05) is 158 Å². The standard InChI is InChI=1S/C58H36N4S2Si/c1-3-17-37(18-4-1)65(38-19-5-2-6-20-38,51-33-13-25-43-41-23-11-31-49(53(41)63-55(43)51)61-47-29-9-7-21-39(47)45-27-15-35-59-57(45)61)52-34-14-26-44-42-24-12-32-50(54(42)64-56(44)52)62-48-30-10-8-22-40(48)46-28-16-36-60-58(46)62/h1-36H. The van der Waals surface area contributed by atoms with Crippen LogP contribution in [0.3, 0.4) is 0 Å². The van der Waals surface area contributed by atoms with Crippen LogP contribution in [0.2, 0.25) is 0 Å². The van der Waals surface area contributed by atoms with Gasteiger partial charge in [0.15, 0.2) is 8.07 Å². The van der Waals surface area contributed by atoms with E-state index in [1.165, 1.54) is 71.9 Å². The largest absolute Gasteiger partial charge is 0.292 e. The quantitative estimate of drug-likeness (QED) is 0.123. The van der Waals surface area contributed by atoms with E-state index in [4.69, 9.17) is 9.97 Å². The first kappa shape index (κ1) is 36.8. The highest BCUT2D eigenvalue weighted by atomic mass is 32.1. The minimum atomic E-state index is -3.11.